The molecular weight excluding hydrogens is 367 g/mol. The molecule has 8 heteroatoms. The zero-order chi connectivity index (χ0) is 18.8. The van der Waals surface area contributed by atoms with Crippen LogP contribution in [0, 0.1) is 0 Å². The van der Waals surface area contributed by atoms with Gasteiger partial charge in [0, 0.05) is 18.4 Å². The minimum atomic E-state index is -2.28. The van der Waals surface area contributed by atoms with Gasteiger partial charge in [0.25, 0.3) is 0 Å². The monoisotopic (exact) mass is 397 g/mol. The van der Waals surface area contributed by atoms with Crippen LogP contribution in [0.4, 0.5) is 0 Å². The van der Waals surface area contributed by atoms with Crippen LogP contribution >= 0.6 is 31.8 Å². The third-order valence-electron chi connectivity index (χ3n) is 4.16. The van der Waals surface area contributed by atoms with Crippen molar-refractivity contribution >= 4 is 42.0 Å². The van der Waals surface area contributed by atoms with Gasteiger partial charge in [-0.3, -0.25) is 9.59 Å². The number of carbonyl (C=O) groups is 2. The van der Waals surface area contributed by atoms with Crippen LogP contribution in [0.3, 0.4) is 0 Å². The van der Waals surface area contributed by atoms with Crippen LogP contribution in [-0.2, 0) is 23.2 Å². The fraction of sp³-hybridized carbons (Fsp3) is 0.875. The molecule has 0 amide bonds. The molecule has 0 aliphatic heterocycles. The molecule has 0 atom stereocenters. The molecule has 0 aromatic carbocycles. The zero-order valence-electron chi connectivity index (χ0n) is 15.5. The Morgan fingerprint density at radius 2 is 1.08 bits per heavy atom. The molecule has 0 aliphatic carbocycles. The van der Waals surface area contributed by atoms with Crippen LogP contribution in [0.1, 0.15) is 67.2 Å². The minimum Gasteiger partial charge on any atom is -0.288 e. The van der Waals surface area contributed by atoms with Gasteiger partial charge in [-0.25, -0.2) is 0 Å². The van der Waals surface area contributed by atoms with Crippen molar-refractivity contribution in [3.05, 3.63) is 0 Å². The second-order valence-electron chi connectivity index (χ2n) is 5.74. The maximum absolute atomic E-state index is 12.1. The fourth-order valence-electron chi connectivity index (χ4n) is 2.24. The smallest absolute Gasteiger partial charge is 0.288 e. The van der Waals surface area contributed by atoms with E-state index in [9.17, 15) is 14.2 Å². The number of hydrogen-bond acceptors (Lipinski definition) is 7. The molecule has 140 valence electrons. The molecule has 0 unspecified atom stereocenters. The topological polar surface area (TPSA) is 69.7 Å². The van der Waals surface area contributed by atoms with E-state index in [4.69, 9.17) is 9.05 Å². The first-order chi connectivity index (χ1) is 11.2. The Bertz CT molecular complexity index is 396. The molecule has 0 rings (SSSR count). The summed E-state index contributed by atoms with van der Waals surface area (Å²) >= 11 is 2.47. The van der Waals surface area contributed by atoms with Crippen molar-refractivity contribution < 1.29 is 23.2 Å². The summed E-state index contributed by atoms with van der Waals surface area (Å²) in [4.78, 5) is 22.9. The average Bonchev–Trinajstić information content (AvgIpc) is 2.54. The molecule has 0 spiro atoms. The van der Waals surface area contributed by atoms with Gasteiger partial charge < -0.3 is 0 Å². The normalized spacial score (nSPS) is 12.2. The second-order valence-corrected chi connectivity index (χ2v) is 9.99. The first-order valence-electron chi connectivity index (χ1n) is 8.30. The largest absolute Gasteiger partial charge is 0.697 e. The molecule has 24 heavy (non-hydrogen) atoms. The number of hydrogen-bond donors (Lipinski definition) is 0. The first-order valence-corrected chi connectivity index (χ1v) is 11.0. The first kappa shape index (κ1) is 24.1. The third kappa shape index (κ3) is 8.43. The molecule has 0 aliphatic rings. The summed E-state index contributed by atoms with van der Waals surface area (Å²) < 4.78 is 22.1. The van der Waals surface area contributed by atoms with Crippen molar-refractivity contribution in [1.29, 1.82) is 0 Å². The molecule has 5 nitrogen and oxygen atoms in total. The van der Waals surface area contributed by atoms with Crippen LogP contribution in [0.15, 0.2) is 0 Å². The van der Waals surface area contributed by atoms with E-state index < -0.39 is 8.25 Å². The molecule has 0 N–H and O–H groups in total. The lowest BCUT2D eigenvalue weighted by atomic mass is 10.0. The fourth-order valence-corrected chi connectivity index (χ4v) is 5.23. The van der Waals surface area contributed by atoms with Crippen molar-refractivity contribution in [2.45, 2.75) is 76.7 Å². The van der Waals surface area contributed by atoms with Crippen LogP contribution in [0.25, 0.3) is 0 Å². The van der Waals surface area contributed by atoms with Crippen molar-refractivity contribution in [2.24, 2.45) is 0 Å². The summed E-state index contributed by atoms with van der Waals surface area (Å²) in [7, 11) is -2.28. The molecule has 0 aromatic rings. The minimum absolute atomic E-state index is 0.0206. The zero-order valence-corrected chi connectivity index (χ0v) is 18.1. The van der Waals surface area contributed by atoms with Crippen LogP contribution in [-0.4, -0.2) is 32.9 Å². The van der Waals surface area contributed by atoms with E-state index in [1.807, 2.05) is 27.7 Å². The molecular formula is C16H30O5PS2+. The van der Waals surface area contributed by atoms with E-state index in [-0.39, 0.29) is 32.9 Å². The Balaban J connectivity index is 4.66. The van der Waals surface area contributed by atoms with E-state index in [0.717, 1.165) is 25.7 Å². The van der Waals surface area contributed by atoms with Gasteiger partial charge in [-0.05, 0) is 25.7 Å². The van der Waals surface area contributed by atoms with Crippen LogP contribution < -0.4 is 0 Å². The van der Waals surface area contributed by atoms with Gasteiger partial charge in [0.15, 0.2) is 10.2 Å². The van der Waals surface area contributed by atoms with Crippen molar-refractivity contribution in [3.8, 4) is 0 Å². The van der Waals surface area contributed by atoms with E-state index in [1.54, 1.807) is 0 Å². The number of carbonyl (C=O) groups excluding carboxylic acids is 2. The lowest BCUT2D eigenvalue weighted by Crippen LogP contribution is -2.31. The summed E-state index contributed by atoms with van der Waals surface area (Å²) in [5.41, 5.74) is 0. The van der Waals surface area contributed by atoms with Gasteiger partial charge in [-0.1, -0.05) is 51.2 Å². The Hall–Kier alpha value is 0.0600. The van der Waals surface area contributed by atoms with Gasteiger partial charge in [-0.15, -0.1) is 9.05 Å². The quantitative estimate of drug-likeness (QED) is 0.411. The SMILES string of the molecule is CCC(CC)(CO[P+](=O)OCC(CC)(CC)SC(C)=O)SC(C)=O. The Morgan fingerprint density at radius 1 is 0.792 bits per heavy atom. The predicted molar refractivity (Wildman–Crippen MR) is 103 cm³/mol. The van der Waals surface area contributed by atoms with E-state index in [1.165, 1.54) is 37.4 Å². The molecule has 0 saturated carbocycles. The maximum atomic E-state index is 12.1. The molecule has 0 heterocycles. The summed E-state index contributed by atoms with van der Waals surface area (Å²) in [6.07, 6.45) is 2.96. The molecule has 0 aromatic heterocycles. The van der Waals surface area contributed by atoms with E-state index in [0.29, 0.717) is 0 Å². The van der Waals surface area contributed by atoms with Gasteiger partial charge in [0.2, 0.25) is 0 Å². The summed E-state index contributed by atoms with van der Waals surface area (Å²) in [5.74, 6) is 0. The van der Waals surface area contributed by atoms with Gasteiger partial charge >= 0.3 is 8.25 Å². The lowest BCUT2D eigenvalue weighted by Gasteiger charge is -2.27. The molecule has 0 radical (unpaired) electrons. The Kier molecular flexibility index (Phi) is 11.7. The van der Waals surface area contributed by atoms with Gasteiger partial charge in [0.05, 0.1) is 9.49 Å². The maximum Gasteiger partial charge on any atom is 0.697 e. The van der Waals surface area contributed by atoms with Gasteiger partial charge in [-0.2, -0.15) is 0 Å². The molecule has 0 fully saturated rings. The second kappa shape index (κ2) is 11.6. The Labute approximate surface area is 155 Å². The summed E-state index contributed by atoms with van der Waals surface area (Å²) in [6, 6.07) is 0. The predicted octanol–water partition coefficient (Wildman–Crippen LogP) is 5.35. The van der Waals surface area contributed by atoms with Crippen LogP contribution in [0.5, 0.6) is 0 Å². The highest BCUT2D eigenvalue weighted by atomic mass is 32.2. The highest BCUT2D eigenvalue weighted by Crippen LogP contribution is 2.40. The van der Waals surface area contributed by atoms with Crippen molar-refractivity contribution in [3.63, 3.8) is 0 Å². The summed E-state index contributed by atoms with van der Waals surface area (Å²) in [6.45, 7) is 11.4. The summed E-state index contributed by atoms with van der Waals surface area (Å²) in [5, 5.41) is 0.0413. The van der Waals surface area contributed by atoms with E-state index in [2.05, 4.69) is 0 Å². The van der Waals surface area contributed by atoms with Crippen molar-refractivity contribution in [1.82, 2.24) is 0 Å². The standard InChI is InChI=1S/C16H30O5PS2/c1-7-15(8-2,23-13(5)17)11-20-22(19)21-12-16(9-3,10-4)24-14(6)18/h7-12H2,1-6H3/q+1. The van der Waals surface area contributed by atoms with E-state index >= 15 is 0 Å². The van der Waals surface area contributed by atoms with Crippen LogP contribution in [0.2, 0.25) is 0 Å². The highest BCUT2D eigenvalue weighted by molar-refractivity contribution is 8.15. The number of rotatable bonds is 12. The molecule has 0 bridgehead atoms. The number of thioether (sulfide) groups is 2. The third-order valence-corrected chi connectivity index (χ3v) is 7.68. The average molecular weight is 398 g/mol. The molecule has 0 saturated heterocycles. The van der Waals surface area contributed by atoms with Gasteiger partial charge in [0.1, 0.15) is 13.2 Å². The lowest BCUT2D eigenvalue weighted by molar-refractivity contribution is -0.110. The highest BCUT2D eigenvalue weighted by Gasteiger charge is 2.38. The Morgan fingerprint density at radius 3 is 1.29 bits per heavy atom. The van der Waals surface area contributed by atoms with Crippen molar-refractivity contribution in [2.75, 3.05) is 13.2 Å².